The molecule has 4 atom stereocenters. The number of halogens is 1. The number of hydrogen-bond donors (Lipinski definition) is 2. The van der Waals surface area contributed by atoms with Gasteiger partial charge in [-0.2, -0.15) is 0 Å². The van der Waals surface area contributed by atoms with Crippen LogP contribution in [0.3, 0.4) is 0 Å². The number of aliphatic hydroxyl groups is 2. The van der Waals surface area contributed by atoms with Crippen LogP contribution in [0.5, 0.6) is 0 Å². The average molecular weight is 274 g/mol. The van der Waals surface area contributed by atoms with Crippen LogP contribution in [-0.4, -0.2) is 46.4 Å². The van der Waals surface area contributed by atoms with Crippen molar-refractivity contribution in [2.45, 2.75) is 24.6 Å². The summed E-state index contributed by atoms with van der Waals surface area (Å²) in [6.45, 7) is 0. The highest BCUT2D eigenvalue weighted by atomic mass is 127. The van der Waals surface area contributed by atoms with Crippen molar-refractivity contribution in [2.75, 3.05) is 11.5 Å². The molecule has 11 heavy (non-hydrogen) atoms. The lowest BCUT2D eigenvalue weighted by Crippen LogP contribution is -2.33. The van der Waals surface area contributed by atoms with Crippen LogP contribution in [0.2, 0.25) is 0 Å². The molecule has 1 aliphatic heterocycles. The molecular weight excluding hydrogens is 263 g/mol. The summed E-state index contributed by atoms with van der Waals surface area (Å²) in [5.41, 5.74) is 0. The zero-order valence-corrected chi connectivity index (χ0v) is 8.26. The predicted molar refractivity (Wildman–Crippen MR) is 46.6 cm³/mol. The van der Waals surface area contributed by atoms with E-state index in [9.17, 15) is 10.2 Å². The van der Waals surface area contributed by atoms with Crippen molar-refractivity contribution >= 4 is 22.6 Å². The maximum Gasteiger partial charge on any atom is 0.186 e. The van der Waals surface area contributed by atoms with Gasteiger partial charge in [-0.15, -0.1) is 0 Å². The van der Waals surface area contributed by atoms with Crippen molar-refractivity contribution < 1.29 is 19.7 Å². The Morgan fingerprint density at radius 3 is 2.36 bits per heavy atom. The Hall–Kier alpha value is 0.570. The van der Waals surface area contributed by atoms with Crippen molar-refractivity contribution in [3.05, 3.63) is 0 Å². The van der Waals surface area contributed by atoms with E-state index in [-0.39, 0.29) is 6.10 Å². The Balaban J connectivity index is 2.53. The second-order valence-electron chi connectivity index (χ2n) is 2.41. The Morgan fingerprint density at radius 1 is 1.45 bits per heavy atom. The number of alkyl halides is 1. The molecule has 66 valence electrons. The molecule has 5 heteroatoms. The molecule has 0 aromatic rings. The molecule has 2 N–H and O–H groups in total. The van der Waals surface area contributed by atoms with Crippen molar-refractivity contribution in [3.63, 3.8) is 0 Å². The van der Waals surface area contributed by atoms with E-state index in [0.717, 1.165) is 0 Å². The number of methoxy groups -OCH3 is 1. The van der Waals surface area contributed by atoms with Gasteiger partial charge in [-0.25, -0.2) is 0 Å². The molecule has 0 saturated carbocycles. The van der Waals surface area contributed by atoms with E-state index in [0.29, 0.717) is 4.43 Å². The van der Waals surface area contributed by atoms with E-state index >= 15 is 0 Å². The predicted octanol–water partition coefficient (Wildman–Crippen LogP) is -0.486. The third-order valence-electron chi connectivity index (χ3n) is 1.70. The van der Waals surface area contributed by atoms with Gasteiger partial charge in [0.15, 0.2) is 6.29 Å². The summed E-state index contributed by atoms with van der Waals surface area (Å²) in [5, 5.41) is 18.6. The first-order valence-electron chi connectivity index (χ1n) is 3.31. The minimum atomic E-state index is -0.917. The lowest BCUT2D eigenvalue weighted by atomic mass is 10.2. The highest BCUT2D eigenvalue weighted by Gasteiger charge is 2.42. The summed E-state index contributed by atoms with van der Waals surface area (Å²) in [7, 11) is 1.44. The molecule has 0 aromatic carbocycles. The normalized spacial score (nSPS) is 44.7. The number of rotatable bonds is 2. The first-order valence-corrected chi connectivity index (χ1v) is 4.83. The molecule has 0 aliphatic carbocycles. The van der Waals surface area contributed by atoms with Gasteiger partial charge in [0.25, 0.3) is 0 Å². The molecule has 0 aromatic heterocycles. The molecule has 1 rings (SSSR count). The van der Waals surface area contributed by atoms with Crippen LogP contribution in [0.25, 0.3) is 0 Å². The van der Waals surface area contributed by atoms with E-state index in [2.05, 4.69) is 22.6 Å². The van der Waals surface area contributed by atoms with Crippen LogP contribution in [0.15, 0.2) is 0 Å². The number of hydrogen-bond acceptors (Lipinski definition) is 4. The average Bonchev–Trinajstić information content (AvgIpc) is 2.30. The summed E-state index contributed by atoms with van der Waals surface area (Å²) < 4.78 is 10.6. The van der Waals surface area contributed by atoms with Crippen LogP contribution < -0.4 is 0 Å². The first kappa shape index (κ1) is 9.66. The molecule has 0 bridgehead atoms. The van der Waals surface area contributed by atoms with E-state index in [4.69, 9.17) is 9.47 Å². The SMILES string of the molecule is COC1O[C@H](CI)[C@@H](O)[C@H]1O. The largest absolute Gasteiger partial charge is 0.387 e. The molecule has 1 heterocycles. The van der Waals surface area contributed by atoms with Crippen LogP contribution in [0.4, 0.5) is 0 Å². The lowest BCUT2D eigenvalue weighted by Gasteiger charge is -2.11. The summed E-state index contributed by atoms with van der Waals surface area (Å²) in [4.78, 5) is 0. The molecule has 0 radical (unpaired) electrons. The van der Waals surface area contributed by atoms with Gasteiger partial charge in [-0.3, -0.25) is 0 Å². The molecule has 1 unspecified atom stereocenters. The van der Waals surface area contributed by atoms with E-state index < -0.39 is 18.5 Å². The third kappa shape index (κ3) is 1.83. The Kier molecular flexibility index (Phi) is 3.51. The fourth-order valence-electron chi connectivity index (χ4n) is 1.04. The molecular formula is C6H11IO4. The van der Waals surface area contributed by atoms with Crippen LogP contribution >= 0.6 is 22.6 Å². The topological polar surface area (TPSA) is 58.9 Å². The van der Waals surface area contributed by atoms with Crippen molar-refractivity contribution in [2.24, 2.45) is 0 Å². The number of aliphatic hydroxyl groups excluding tert-OH is 2. The van der Waals surface area contributed by atoms with Gasteiger partial charge in [0.1, 0.15) is 12.2 Å². The van der Waals surface area contributed by atoms with E-state index in [1.165, 1.54) is 7.11 Å². The molecule has 0 spiro atoms. The Bertz CT molecular complexity index is 114. The van der Waals surface area contributed by atoms with Gasteiger partial charge in [-0.05, 0) is 0 Å². The quantitative estimate of drug-likeness (QED) is 0.527. The number of ether oxygens (including phenoxy) is 2. The van der Waals surface area contributed by atoms with Gasteiger partial charge >= 0.3 is 0 Å². The van der Waals surface area contributed by atoms with Crippen molar-refractivity contribution in [1.82, 2.24) is 0 Å². The van der Waals surface area contributed by atoms with Gasteiger partial charge in [-0.1, -0.05) is 22.6 Å². The zero-order chi connectivity index (χ0) is 8.43. The highest BCUT2D eigenvalue weighted by molar-refractivity contribution is 14.1. The summed E-state index contributed by atoms with van der Waals surface area (Å²) >= 11 is 2.09. The first-order chi connectivity index (χ1) is 5.20. The maximum absolute atomic E-state index is 9.30. The summed E-state index contributed by atoms with van der Waals surface area (Å²) in [5.74, 6) is 0. The standard InChI is InChI=1S/C6H11IO4/c1-10-6-5(9)4(8)3(2-7)11-6/h3-6,8-9H,2H2,1H3/t3-,4-,5-,6?/m1/s1. The van der Waals surface area contributed by atoms with Gasteiger partial charge in [0.05, 0.1) is 6.10 Å². The monoisotopic (exact) mass is 274 g/mol. The Morgan fingerprint density at radius 2 is 2.09 bits per heavy atom. The summed E-state index contributed by atoms with van der Waals surface area (Å²) in [6, 6.07) is 0. The second kappa shape index (κ2) is 3.99. The molecule has 1 aliphatic rings. The minimum absolute atomic E-state index is 0.310. The van der Waals surface area contributed by atoms with Crippen LogP contribution in [-0.2, 0) is 9.47 Å². The van der Waals surface area contributed by atoms with Gasteiger partial charge < -0.3 is 19.7 Å². The molecule has 1 saturated heterocycles. The fourth-order valence-corrected chi connectivity index (χ4v) is 1.77. The van der Waals surface area contributed by atoms with Crippen molar-refractivity contribution in [3.8, 4) is 0 Å². The van der Waals surface area contributed by atoms with Gasteiger partial charge in [0, 0.05) is 11.5 Å². The maximum atomic E-state index is 9.30. The molecule has 4 nitrogen and oxygen atoms in total. The zero-order valence-electron chi connectivity index (χ0n) is 6.11. The highest BCUT2D eigenvalue weighted by Crippen LogP contribution is 2.22. The van der Waals surface area contributed by atoms with Gasteiger partial charge in [0.2, 0.25) is 0 Å². The third-order valence-corrected chi connectivity index (χ3v) is 2.57. The molecule has 0 amide bonds. The van der Waals surface area contributed by atoms with E-state index in [1.807, 2.05) is 0 Å². The fraction of sp³-hybridized carbons (Fsp3) is 1.00. The minimum Gasteiger partial charge on any atom is -0.387 e. The molecule has 1 fully saturated rings. The van der Waals surface area contributed by atoms with Crippen molar-refractivity contribution in [1.29, 1.82) is 0 Å². The summed E-state index contributed by atoms with van der Waals surface area (Å²) in [6.07, 6.45) is -2.73. The van der Waals surface area contributed by atoms with Crippen LogP contribution in [0.1, 0.15) is 0 Å². The van der Waals surface area contributed by atoms with E-state index in [1.54, 1.807) is 0 Å². The Labute approximate surface area is 78.6 Å². The smallest absolute Gasteiger partial charge is 0.186 e. The lowest BCUT2D eigenvalue weighted by molar-refractivity contribution is -0.145. The second-order valence-corrected chi connectivity index (χ2v) is 3.29. The van der Waals surface area contributed by atoms with Crippen LogP contribution in [0, 0.1) is 0 Å².